The summed E-state index contributed by atoms with van der Waals surface area (Å²) in [5, 5.41) is 2.67. The molecule has 5 heteroatoms. The van der Waals surface area contributed by atoms with Crippen molar-refractivity contribution in [2.45, 2.75) is 57.4 Å². The van der Waals surface area contributed by atoms with Crippen LogP contribution >= 0.6 is 0 Å². The second-order valence-corrected chi connectivity index (χ2v) is 6.95. The van der Waals surface area contributed by atoms with Crippen molar-refractivity contribution in [1.82, 2.24) is 10.2 Å². The lowest BCUT2D eigenvalue weighted by Gasteiger charge is -2.41. The Hall–Kier alpha value is -1.10. The third-order valence-electron chi connectivity index (χ3n) is 5.23. The third-order valence-corrected chi connectivity index (χ3v) is 5.23. The van der Waals surface area contributed by atoms with Gasteiger partial charge in [-0.3, -0.25) is 9.59 Å². The van der Waals surface area contributed by atoms with Crippen molar-refractivity contribution in [1.29, 1.82) is 0 Å². The maximum absolute atomic E-state index is 12.7. The van der Waals surface area contributed by atoms with Gasteiger partial charge in [0.05, 0.1) is 5.92 Å². The number of hydrogen-bond acceptors (Lipinski definition) is 3. The van der Waals surface area contributed by atoms with Gasteiger partial charge in [-0.2, -0.15) is 0 Å². The van der Waals surface area contributed by atoms with Crippen LogP contribution in [-0.2, 0) is 9.59 Å². The minimum absolute atomic E-state index is 0.0262. The van der Waals surface area contributed by atoms with Crippen LogP contribution in [0.2, 0.25) is 0 Å². The maximum Gasteiger partial charge on any atom is 0.227 e. The largest absolute Gasteiger partial charge is 0.359 e. The van der Waals surface area contributed by atoms with Gasteiger partial charge in [0, 0.05) is 32.1 Å². The van der Waals surface area contributed by atoms with Crippen LogP contribution in [0.4, 0.5) is 0 Å². The summed E-state index contributed by atoms with van der Waals surface area (Å²) in [7, 11) is 1.67. The molecule has 1 aliphatic carbocycles. The van der Waals surface area contributed by atoms with Crippen LogP contribution in [0.1, 0.15) is 51.9 Å². The minimum Gasteiger partial charge on any atom is -0.359 e. The molecule has 2 unspecified atom stereocenters. The van der Waals surface area contributed by atoms with Crippen molar-refractivity contribution in [3.8, 4) is 0 Å². The standard InChI is InChI=1S/C16H29N3O2/c1-16(17)8-4-3-5-13(16)15(21)19-9-6-12(7-10-19)11-14(20)18-2/h12-13H,3-11,17H2,1-2H3,(H,18,20). The summed E-state index contributed by atoms with van der Waals surface area (Å²) >= 11 is 0. The van der Waals surface area contributed by atoms with Gasteiger partial charge in [0.15, 0.2) is 0 Å². The van der Waals surface area contributed by atoms with Gasteiger partial charge in [0.1, 0.15) is 0 Å². The van der Waals surface area contributed by atoms with Crippen molar-refractivity contribution >= 4 is 11.8 Å². The summed E-state index contributed by atoms with van der Waals surface area (Å²) in [6, 6.07) is 0. The lowest BCUT2D eigenvalue weighted by atomic mass is 9.73. The fourth-order valence-electron chi connectivity index (χ4n) is 3.71. The van der Waals surface area contributed by atoms with Crippen molar-refractivity contribution in [3.63, 3.8) is 0 Å². The molecule has 0 aromatic heterocycles. The molecule has 0 radical (unpaired) electrons. The predicted octanol–water partition coefficient (Wildman–Crippen LogP) is 1.27. The number of piperidine rings is 1. The monoisotopic (exact) mass is 295 g/mol. The molecule has 2 fully saturated rings. The molecule has 0 aromatic carbocycles. The van der Waals surface area contributed by atoms with E-state index in [1.165, 1.54) is 0 Å². The SMILES string of the molecule is CNC(=O)CC1CCN(C(=O)C2CCCCC2(C)N)CC1. The molecule has 5 nitrogen and oxygen atoms in total. The maximum atomic E-state index is 12.7. The number of carbonyl (C=O) groups is 2. The molecule has 3 N–H and O–H groups in total. The van der Waals surface area contributed by atoms with Crippen LogP contribution in [0.5, 0.6) is 0 Å². The Kier molecular flexibility index (Phi) is 5.25. The number of amides is 2. The smallest absolute Gasteiger partial charge is 0.227 e. The predicted molar refractivity (Wildman–Crippen MR) is 82.5 cm³/mol. The summed E-state index contributed by atoms with van der Waals surface area (Å²) in [6.07, 6.45) is 6.53. The first-order valence-corrected chi connectivity index (χ1v) is 8.22. The van der Waals surface area contributed by atoms with E-state index in [-0.39, 0.29) is 23.3 Å². The van der Waals surface area contributed by atoms with E-state index in [2.05, 4.69) is 5.32 Å². The van der Waals surface area contributed by atoms with E-state index in [0.717, 1.165) is 51.6 Å². The van der Waals surface area contributed by atoms with Crippen LogP contribution in [0.25, 0.3) is 0 Å². The normalized spacial score (nSPS) is 31.0. The second kappa shape index (κ2) is 6.77. The van der Waals surface area contributed by atoms with Crippen molar-refractivity contribution in [2.75, 3.05) is 20.1 Å². The molecular weight excluding hydrogens is 266 g/mol. The zero-order valence-electron chi connectivity index (χ0n) is 13.4. The molecule has 21 heavy (non-hydrogen) atoms. The summed E-state index contributed by atoms with van der Waals surface area (Å²) < 4.78 is 0. The highest BCUT2D eigenvalue weighted by Gasteiger charge is 2.40. The number of nitrogens with one attached hydrogen (secondary N) is 1. The van der Waals surface area contributed by atoms with Gasteiger partial charge in [0.25, 0.3) is 0 Å². The Morgan fingerprint density at radius 2 is 1.90 bits per heavy atom. The fourth-order valence-corrected chi connectivity index (χ4v) is 3.71. The van der Waals surface area contributed by atoms with E-state index < -0.39 is 0 Å². The highest BCUT2D eigenvalue weighted by Crippen LogP contribution is 2.34. The summed E-state index contributed by atoms with van der Waals surface area (Å²) in [5.74, 6) is 0.714. The molecule has 2 atom stereocenters. The molecule has 1 saturated carbocycles. The van der Waals surface area contributed by atoms with Gasteiger partial charge in [0.2, 0.25) is 11.8 Å². The zero-order chi connectivity index (χ0) is 15.5. The molecule has 0 aromatic rings. The van der Waals surface area contributed by atoms with E-state index in [1.807, 2.05) is 11.8 Å². The van der Waals surface area contributed by atoms with Crippen LogP contribution in [-0.4, -0.2) is 42.4 Å². The molecule has 120 valence electrons. The first kappa shape index (κ1) is 16.3. The third kappa shape index (κ3) is 3.96. The number of nitrogens with two attached hydrogens (primary N) is 1. The Labute approximate surface area is 127 Å². The molecule has 0 spiro atoms. The average molecular weight is 295 g/mol. The average Bonchev–Trinajstić information content (AvgIpc) is 2.47. The Morgan fingerprint density at radius 3 is 2.48 bits per heavy atom. The zero-order valence-corrected chi connectivity index (χ0v) is 13.4. The quantitative estimate of drug-likeness (QED) is 0.823. The summed E-state index contributed by atoms with van der Waals surface area (Å²) in [6.45, 7) is 3.56. The first-order chi connectivity index (χ1) is 9.94. The Balaban J connectivity index is 1.86. The first-order valence-electron chi connectivity index (χ1n) is 8.22. The second-order valence-electron chi connectivity index (χ2n) is 6.95. The van der Waals surface area contributed by atoms with Gasteiger partial charge in [-0.05, 0) is 38.5 Å². The van der Waals surface area contributed by atoms with Crippen molar-refractivity contribution < 1.29 is 9.59 Å². The van der Waals surface area contributed by atoms with E-state index >= 15 is 0 Å². The molecule has 1 heterocycles. The molecule has 2 rings (SSSR count). The van der Waals surface area contributed by atoms with Crippen LogP contribution in [0.15, 0.2) is 0 Å². The number of hydrogen-bond donors (Lipinski definition) is 2. The van der Waals surface area contributed by atoms with E-state index in [1.54, 1.807) is 7.05 Å². The molecular formula is C16H29N3O2. The van der Waals surface area contributed by atoms with Gasteiger partial charge < -0.3 is 16.0 Å². The number of carbonyl (C=O) groups excluding carboxylic acids is 2. The fraction of sp³-hybridized carbons (Fsp3) is 0.875. The molecule has 1 saturated heterocycles. The molecule has 2 aliphatic rings. The Morgan fingerprint density at radius 1 is 1.24 bits per heavy atom. The number of nitrogens with zero attached hydrogens (tertiary/aromatic N) is 1. The molecule has 2 amide bonds. The van der Waals surface area contributed by atoms with Gasteiger partial charge >= 0.3 is 0 Å². The lowest BCUT2D eigenvalue weighted by molar-refractivity contribution is -0.140. The minimum atomic E-state index is -0.353. The summed E-state index contributed by atoms with van der Waals surface area (Å²) in [4.78, 5) is 26.1. The van der Waals surface area contributed by atoms with Gasteiger partial charge in [-0.25, -0.2) is 0 Å². The van der Waals surface area contributed by atoms with Crippen LogP contribution in [0, 0.1) is 11.8 Å². The van der Waals surface area contributed by atoms with E-state index in [4.69, 9.17) is 5.73 Å². The van der Waals surface area contributed by atoms with Crippen LogP contribution < -0.4 is 11.1 Å². The van der Waals surface area contributed by atoms with Gasteiger partial charge in [-0.15, -0.1) is 0 Å². The van der Waals surface area contributed by atoms with Gasteiger partial charge in [-0.1, -0.05) is 12.8 Å². The summed E-state index contributed by atoms with van der Waals surface area (Å²) in [5.41, 5.74) is 5.99. The highest BCUT2D eigenvalue weighted by molar-refractivity contribution is 5.80. The van der Waals surface area contributed by atoms with Crippen molar-refractivity contribution in [2.24, 2.45) is 17.6 Å². The molecule has 1 aliphatic heterocycles. The van der Waals surface area contributed by atoms with E-state index in [9.17, 15) is 9.59 Å². The Bertz CT molecular complexity index is 387. The number of rotatable bonds is 3. The molecule has 0 bridgehead atoms. The van der Waals surface area contributed by atoms with Crippen molar-refractivity contribution in [3.05, 3.63) is 0 Å². The highest BCUT2D eigenvalue weighted by atomic mass is 16.2. The van der Waals surface area contributed by atoms with Crippen LogP contribution in [0.3, 0.4) is 0 Å². The lowest BCUT2D eigenvalue weighted by Crippen LogP contribution is -2.54. The van der Waals surface area contributed by atoms with E-state index in [0.29, 0.717) is 12.3 Å². The number of likely N-dealkylation sites (tertiary alicyclic amines) is 1. The topological polar surface area (TPSA) is 75.4 Å².